The van der Waals surface area contributed by atoms with Gasteiger partial charge in [-0.2, -0.15) is 0 Å². The maximum Gasteiger partial charge on any atom is 0.274 e. The second kappa shape index (κ2) is 6.26. The SMILES string of the molecule is Cc1cc(C(C)(O)CNC(=O)c2ncoc2-c2cccs2)c(C)o1. The second-order valence-corrected chi connectivity index (χ2v) is 6.74. The van der Waals surface area contributed by atoms with Gasteiger partial charge in [-0.05, 0) is 38.3 Å². The van der Waals surface area contributed by atoms with E-state index in [1.807, 2.05) is 24.4 Å². The number of hydrogen-bond donors (Lipinski definition) is 2. The summed E-state index contributed by atoms with van der Waals surface area (Å²) in [6.07, 6.45) is 1.24. The molecule has 6 nitrogen and oxygen atoms in total. The van der Waals surface area contributed by atoms with Crippen molar-refractivity contribution in [3.63, 3.8) is 0 Å². The van der Waals surface area contributed by atoms with E-state index >= 15 is 0 Å². The first kappa shape index (κ1) is 16.5. The number of aromatic nitrogens is 1. The lowest BCUT2D eigenvalue weighted by Gasteiger charge is -2.23. The van der Waals surface area contributed by atoms with Crippen molar-refractivity contribution in [2.24, 2.45) is 0 Å². The van der Waals surface area contributed by atoms with Crippen LogP contribution >= 0.6 is 11.3 Å². The number of aryl methyl sites for hydroxylation is 2. The van der Waals surface area contributed by atoms with E-state index in [1.54, 1.807) is 19.9 Å². The number of carbonyl (C=O) groups is 1. The lowest BCUT2D eigenvalue weighted by molar-refractivity contribution is 0.0513. The average Bonchev–Trinajstić information content (AvgIpc) is 3.24. The molecule has 0 fully saturated rings. The molecule has 0 spiro atoms. The molecule has 0 saturated carbocycles. The van der Waals surface area contributed by atoms with Crippen LogP contribution in [0.5, 0.6) is 0 Å². The van der Waals surface area contributed by atoms with Crippen molar-refractivity contribution < 1.29 is 18.7 Å². The molecule has 1 unspecified atom stereocenters. The Morgan fingerprint density at radius 3 is 2.88 bits per heavy atom. The summed E-state index contributed by atoms with van der Waals surface area (Å²) >= 11 is 1.46. The molecule has 1 atom stereocenters. The predicted molar refractivity (Wildman–Crippen MR) is 89.9 cm³/mol. The van der Waals surface area contributed by atoms with Crippen LogP contribution in [0, 0.1) is 13.8 Å². The minimum Gasteiger partial charge on any atom is -0.466 e. The summed E-state index contributed by atoms with van der Waals surface area (Å²) in [5.74, 6) is 1.38. The molecule has 0 bridgehead atoms. The molecular weight excluding hydrogens is 328 g/mol. The van der Waals surface area contributed by atoms with Gasteiger partial charge in [0, 0.05) is 5.56 Å². The molecule has 0 radical (unpaired) electrons. The molecule has 0 aliphatic carbocycles. The van der Waals surface area contributed by atoms with E-state index < -0.39 is 11.5 Å². The van der Waals surface area contributed by atoms with Crippen molar-refractivity contribution in [1.29, 1.82) is 0 Å². The highest BCUT2D eigenvalue weighted by atomic mass is 32.1. The quantitative estimate of drug-likeness (QED) is 0.740. The lowest BCUT2D eigenvalue weighted by Crippen LogP contribution is -2.39. The zero-order chi connectivity index (χ0) is 17.3. The molecule has 3 aromatic heterocycles. The summed E-state index contributed by atoms with van der Waals surface area (Å²) in [7, 11) is 0. The fraction of sp³-hybridized carbons (Fsp3) is 0.294. The summed E-state index contributed by atoms with van der Waals surface area (Å²) < 4.78 is 10.8. The van der Waals surface area contributed by atoms with Crippen LogP contribution in [0.2, 0.25) is 0 Å². The van der Waals surface area contributed by atoms with Crippen LogP contribution in [0.4, 0.5) is 0 Å². The largest absolute Gasteiger partial charge is 0.466 e. The first-order valence-electron chi connectivity index (χ1n) is 7.44. The summed E-state index contributed by atoms with van der Waals surface area (Å²) in [4.78, 5) is 17.2. The Morgan fingerprint density at radius 2 is 2.25 bits per heavy atom. The molecule has 1 amide bonds. The fourth-order valence-electron chi connectivity index (χ4n) is 2.59. The minimum absolute atomic E-state index is 0.0301. The first-order chi connectivity index (χ1) is 11.4. The molecule has 3 heterocycles. The highest BCUT2D eigenvalue weighted by Gasteiger charge is 2.29. The van der Waals surface area contributed by atoms with Gasteiger partial charge in [0.15, 0.2) is 17.8 Å². The number of rotatable bonds is 5. The molecule has 7 heteroatoms. The van der Waals surface area contributed by atoms with Gasteiger partial charge >= 0.3 is 0 Å². The normalized spacial score (nSPS) is 13.7. The van der Waals surface area contributed by atoms with E-state index in [-0.39, 0.29) is 12.2 Å². The summed E-state index contributed by atoms with van der Waals surface area (Å²) in [5, 5.41) is 15.3. The monoisotopic (exact) mass is 346 g/mol. The van der Waals surface area contributed by atoms with Crippen molar-refractivity contribution in [3.8, 4) is 10.6 Å². The van der Waals surface area contributed by atoms with Crippen LogP contribution in [-0.4, -0.2) is 22.5 Å². The summed E-state index contributed by atoms with van der Waals surface area (Å²) in [6.45, 7) is 5.26. The molecule has 126 valence electrons. The summed E-state index contributed by atoms with van der Waals surface area (Å²) in [5.41, 5.74) is -0.392. The van der Waals surface area contributed by atoms with Crippen LogP contribution < -0.4 is 5.32 Å². The third-order valence-corrected chi connectivity index (χ3v) is 4.61. The van der Waals surface area contributed by atoms with Gasteiger partial charge in [-0.1, -0.05) is 6.07 Å². The Labute approximate surface area is 143 Å². The standard InChI is InChI=1S/C17H18N2O4S/c1-10-7-12(11(2)23-10)17(3,21)8-18-16(20)14-15(22-9-19-14)13-5-4-6-24-13/h4-7,9,21H,8H2,1-3H3,(H,18,20). The molecular formula is C17H18N2O4S. The number of oxazole rings is 1. The smallest absolute Gasteiger partial charge is 0.274 e. The van der Waals surface area contributed by atoms with Crippen molar-refractivity contribution >= 4 is 17.2 Å². The predicted octanol–water partition coefficient (Wildman–Crippen LogP) is 3.25. The highest BCUT2D eigenvalue weighted by Crippen LogP contribution is 2.29. The topological polar surface area (TPSA) is 88.5 Å². The van der Waals surface area contributed by atoms with Gasteiger partial charge in [-0.3, -0.25) is 4.79 Å². The molecule has 0 aliphatic heterocycles. The van der Waals surface area contributed by atoms with E-state index in [0.29, 0.717) is 22.8 Å². The van der Waals surface area contributed by atoms with Gasteiger partial charge in [0.25, 0.3) is 5.91 Å². The Balaban J connectivity index is 1.74. The maximum absolute atomic E-state index is 12.4. The van der Waals surface area contributed by atoms with E-state index in [4.69, 9.17) is 8.83 Å². The van der Waals surface area contributed by atoms with Crippen LogP contribution in [0.3, 0.4) is 0 Å². The first-order valence-corrected chi connectivity index (χ1v) is 8.32. The van der Waals surface area contributed by atoms with E-state index in [0.717, 1.165) is 4.88 Å². The van der Waals surface area contributed by atoms with Gasteiger partial charge in [-0.15, -0.1) is 11.3 Å². The number of hydrogen-bond acceptors (Lipinski definition) is 6. The molecule has 0 aliphatic rings. The van der Waals surface area contributed by atoms with Crippen LogP contribution in [0.15, 0.2) is 38.8 Å². The molecule has 3 rings (SSSR count). The second-order valence-electron chi connectivity index (χ2n) is 5.79. The minimum atomic E-state index is -1.25. The van der Waals surface area contributed by atoms with Crippen LogP contribution in [0.25, 0.3) is 10.6 Å². The van der Waals surface area contributed by atoms with Gasteiger partial charge in [0.1, 0.15) is 17.1 Å². The number of amides is 1. The number of thiophene rings is 1. The molecule has 24 heavy (non-hydrogen) atoms. The third kappa shape index (κ3) is 3.13. The number of furan rings is 1. The molecule has 0 saturated heterocycles. The number of carbonyl (C=O) groups excluding carboxylic acids is 1. The van der Waals surface area contributed by atoms with Gasteiger partial charge in [0.05, 0.1) is 11.4 Å². The van der Waals surface area contributed by atoms with Crippen LogP contribution in [0.1, 0.15) is 34.5 Å². The Morgan fingerprint density at radius 1 is 1.46 bits per heavy atom. The maximum atomic E-state index is 12.4. The van der Waals surface area contributed by atoms with E-state index in [1.165, 1.54) is 17.7 Å². The Kier molecular flexibility index (Phi) is 4.29. The van der Waals surface area contributed by atoms with Gasteiger partial charge in [-0.25, -0.2) is 4.98 Å². The Bertz CT molecular complexity index is 846. The van der Waals surface area contributed by atoms with Crippen molar-refractivity contribution in [2.45, 2.75) is 26.4 Å². The van der Waals surface area contributed by atoms with Crippen LogP contribution in [-0.2, 0) is 5.60 Å². The van der Waals surface area contributed by atoms with Gasteiger partial charge in [0.2, 0.25) is 0 Å². The molecule has 0 aromatic carbocycles. The highest BCUT2D eigenvalue weighted by molar-refractivity contribution is 7.13. The third-order valence-electron chi connectivity index (χ3n) is 3.74. The zero-order valence-electron chi connectivity index (χ0n) is 13.6. The number of aliphatic hydroxyl groups is 1. The Hall–Kier alpha value is -2.38. The lowest BCUT2D eigenvalue weighted by atomic mass is 9.96. The zero-order valence-corrected chi connectivity index (χ0v) is 14.4. The molecule has 2 N–H and O–H groups in total. The molecule has 3 aromatic rings. The van der Waals surface area contributed by atoms with Gasteiger partial charge < -0.3 is 19.3 Å². The number of nitrogens with zero attached hydrogens (tertiary/aromatic N) is 1. The van der Waals surface area contributed by atoms with E-state index in [2.05, 4.69) is 10.3 Å². The van der Waals surface area contributed by atoms with E-state index in [9.17, 15) is 9.90 Å². The average molecular weight is 346 g/mol. The van der Waals surface area contributed by atoms with Crippen molar-refractivity contribution in [2.75, 3.05) is 6.54 Å². The van der Waals surface area contributed by atoms with Crippen molar-refractivity contribution in [1.82, 2.24) is 10.3 Å². The van der Waals surface area contributed by atoms with Crippen molar-refractivity contribution in [3.05, 3.63) is 52.8 Å². The fourth-order valence-corrected chi connectivity index (χ4v) is 3.30. The number of nitrogens with one attached hydrogen (secondary N) is 1. The summed E-state index contributed by atoms with van der Waals surface area (Å²) in [6, 6.07) is 5.50.